The fourth-order valence-electron chi connectivity index (χ4n) is 5.27. The zero-order valence-electron chi connectivity index (χ0n) is 18.1. The monoisotopic (exact) mass is 418 g/mol. The third-order valence-electron chi connectivity index (χ3n) is 6.66. The van der Waals surface area contributed by atoms with Crippen LogP contribution in [0.15, 0.2) is 12.2 Å². The van der Waals surface area contributed by atoms with Gasteiger partial charge in [-0.1, -0.05) is 13.8 Å². The van der Waals surface area contributed by atoms with Crippen LogP contribution in [-0.2, 0) is 28.8 Å². The van der Waals surface area contributed by atoms with E-state index in [4.69, 9.17) is 4.84 Å². The Kier molecular flexibility index (Phi) is 5.89. The van der Waals surface area contributed by atoms with Gasteiger partial charge in [0.1, 0.15) is 0 Å². The van der Waals surface area contributed by atoms with E-state index < -0.39 is 23.3 Å². The molecule has 0 atom stereocenters. The molecule has 0 unspecified atom stereocenters. The standard InChI is InChI=1S/C22H30N2O6/c1-21(2,13-22(3,4)23-16(25)9-10-17(23)26)15-7-5-14(6-8-15)20(29)30-24-18(27)11-12-19(24)28/h9-10,14-15H,5-8,11-13H2,1-4H3. The first-order chi connectivity index (χ1) is 13.9. The van der Waals surface area contributed by atoms with Crippen LogP contribution in [0.3, 0.4) is 0 Å². The largest absolute Gasteiger partial charge is 0.336 e. The maximum atomic E-state index is 12.4. The molecule has 0 bridgehead atoms. The molecule has 3 rings (SSSR count). The van der Waals surface area contributed by atoms with Crippen LogP contribution < -0.4 is 0 Å². The van der Waals surface area contributed by atoms with Crippen LogP contribution in [0, 0.1) is 17.3 Å². The lowest BCUT2D eigenvalue weighted by Crippen LogP contribution is -2.51. The topological polar surface area (TPSA) is 101 Å². The third-order valence-corrected chi connectivity index (χ3v) is 6.66. The molecule has 8 nitrogen and oxygen atoms in total. The summed E-state index contributed by atoms with van der Waals surface area (Å²) in [5, 5.41) is 0.610. The smallest absolute Gasteiger partial charge is 0.330 e. The van der Waals surface area contributed by atoms with Gasteiger partial charge in [0.25, 0.3) is 23.6 Å². The molecule has 2 heterocycles. The molecule has 164 valence electrons. The maximum absolute atomic E-state index is 12.4. The number of hydroxylamine groups is 2. The molecule has 0 aromatic heterocycles. The Morgan fingerprint density at radius 2 is 1.43 bits per heavy atom. The summed E-state index contributed by atoms with van der Waals surface area (Å²) in [6.07, 6.45) is 6.26. The van der Waals surface area contributed by atoms with Crippen LogP contribution in [0.1, 0.15) is 72.6 Å². The minimum absolute atomic E-state index is 0.0837. The van der Waals surface area contributed by atoms with E-state index in [0.29, 0.717) is 30.2 Å². The van der Waals surface area contributed by atoms with Gasteiger partial charge in [0.05, 0.1) is 5.92 Å². The molecule has 0 radical (unpaired) electrons. The molecule has 0 N–H and O–H groups in total. The van der Waals surface area contributed by atoms with Gasteiger partial charge in [-0.05, 0) is 57.3 Å². The van der Waals surface area contributed by atoms with Gasteiger partial charge >= 0.3 is 5.97 Å². The van der Waals surface area contributed by atoms with Gasteiger partial charge in [0.15, 0.2) is 0 Å². The first-order valence-corrected chi connectivity index (χ1v) is 10.6. The Morgan fingerprint density at radius 3 is 1.93 bits per heavy atom. The Hall–Kier alpha value is -2.51. The van der Waals surface area contributed by atoms with Crippen LogP contribution in [0.25, 0.3) is 0 Å². The Balaban J connectivity index is 1.56. The van der Waals surface area contributed by atoms with Gasteiger partial charge in [-0.2, -0.15) is 0 Å². The maximum Gasteiger partial charge on any atom is 0.336 e. The quantitative estimate of drug-likeness (QED) is 0.615. The molecule has 0 aromatic carbocycles. The number of amides is 4. The average molecular weight is 418 g/mol. The number of imide groups is 2. The molecule has 2 aliphatic heterocycles. The van der Waals surface area contributed by atoms with E-state index in [9.17, 15) is 24.0 Å². The second-order valence-electron chi connectivity index (χ2n) is 9.86. The highest BCUT2D eigenvalue weighted by molar-refractivity contribution is 6.13. The summed E-state index contributed by atoms with van der Waals surface area (Å²) in [6, 6.07) is 0. The molecule has 1 saturated heterocycles. The number of hydrogen-bond donors (Lipinski definition) is 0. The number of rotatable bonds is 6. The lowest BCUT2D eigenvalue weighted by atomic mass is 9.64. The number of hydrogen-bond acceptors (Lipinski definition) is 6. The summed E-state index contributed by atoms with van der Waals surface area (Å²) >= 11 is 0. The first kappa shape index (κ1) is 22.2. The lowest BCUT2D eigenvalue weighted by Gasteiger charge is -2.45. The molecular weight excluding hydrogens is 388 g/mol. The molecule has 3 aliphatic rings. The highest BCUT2D eigenvalue weighted by atomic mass is 16.7. The van der Waals surface area contributed by atoms with Gasteiger partial charge in [-0.15, -0.1) is 5.06 Å². The highest BCUT2D eigenvalue weighted by Gasteiger charge is 2.44. The van der Waals surface area contributed by atoms with Crippen molar-refractivity contribution in [3.05, 3.63) is 12.2 Å². The van der Waals surface area contributed by atoms with E-state index in [-0.39, 0.29) is 36.0 Å². The molecule has 0 aromatic rings. The predicted molar refractivity (Wildman–Crippen MR) is 106 cm³/mol. The van der Waals surface area contributed by atoms with E-state index >= 15 is 0 Å². The van der Waals surface area contributed by atoms with Crippen LogP contribution in [0.4, 0.5) is 0 Å². The fourth-order valence-corrected chi connectivity index (χ4v) is 5.27. The van der Waals surface area contributed by atoms with Crippen molar-refractivity contribution in [2.75, 3.05) is 0 Å². The predicted octanol–water partition coefficient (Wildman–Crippen LogP) is 2.52. The second-order valence-corrected chi connectivity index (χ2v) is 9.86. The van der Waals surface area contributed by atoms with E-state index in [1.165, 1.54) is 17.1 Å². The lowest BCUT2D eigenvalue weighted by molar-refractivity contribution is -0.201. The van der Waals surface area contributed by atoms with Gasteiger partial charge in [0.2, 0.25) is 0 Å². The molecule has 1 aliphatic carbocycles. The molecular formula is C22H30N2O6. The van der Waals surface area contributed by atoms with Crippen molar-refractivity contribution < 1.29 is 28.8 Å². The summed E-state index contributed by atoms with van der Waals surface area (Å²) in [5.74, 6) is -2.03. The van der Waals surface area contributed by atoms with Gasteiger partial charge in [-0.25, -0.2) is 4.79 Å². The van der Waals surface area contributed by atoms with E-state index in [0.717, 1.165) is 12.8 Å². The Bertz CT molecular complexity index is 770. The van der Waals surface area contributed by atoms with Gasteiger partial charge < -0.3 is 4.84 Å². The molecule has 8 heteroatoms. The van der Waals surface area contributed by atoms with Crippen molar-refractivity contribution in [2.45, 2.75) is 78.2 Å². The summed E-state index contributed by atoms with van der Waals surface area (Å²) in [4.78, 5) is 66.3. The van der Waals surface area contributed by atoms with E-state index in [2.05, 4.69) is 13.8 Å². The molecule has 30 heavy (non-hydrogen) atoms. The average Bonchev–Trinajstić information content (AvgIpc) is 3.17. The normalized spacial score (nSPS) is 25.5. The fraction of sp³-hybridized carbons (Fsp3) is 0.682. The van der Waals surface area contributed by atoms with Crippen LogP contribution in [0.5, 0.6) is 0 Å². The van der Waals surface area contributed by atoms with E-state index in [1.807, 2.05) is 13.8 Å². The summed E-state index contributed by atoms with van der Waals surface area (Å²) in [6.45, 7) is 8.09. The summed E-state index contributed by atoms with van der Waals surface area (Å²) in [7, 11) is 0. The van der Waals surface area contributed by atoms with Crippen molar-refractivity contribution in [1.82, 2.24) is 9.96 Å². The molecule has 0 spiro atoms. The SMILES string of the molecule is CC(C)(CC(C)(C)N1C(=O)C=CC1=O)C1CCC(C(=O)ON2C(=O)CCC2=O)CC1. The Morgan fingerprint density at radius 1 is 0.933 bits per heavy atom. The first-order valence-electron chi connectivity index (χ1n) is 10.6. The molecule has 2 fully saturated rings. The minimum atomic E-state index is -0.618. The van der Waals surface area contributed by atoms with Crippen molar-refractivity contribution in [2.24, 2.45) is 17.3 Å². The number of carbonyl (C=O) groups is 5. The number of nitrogens with zero attached hydrogens (tertiary/aromatic N) is 2. The summed E-state index contributed by atoms with van der Waals surface area (Å²) < 4.78 is 0. The minimum Gasteiger partial charge on any atom is -0.330 e. The van der Waals surface area contributed by atoms with Crippen molar-refractivity contribution in [3.63, 3.8) is 0 Å². The van der Waals surface area contributed by atoms with Crippen molar-refractivity contribution in [1.29, 1.82) is 0 Å². The van der Waals surface area contributed by atoms with Crippen LogP contribution in [-0.4, -0.2) is 45.1 Å². The van der Waals surface area contributed by atoms with Crippen molar-refractivity contribution in [3.8, 4) is 0 Å². The van der Waals surface area contributed by atoms with Gasteiger partial charge in [-0.3, -0.25) is 24.1 Å². The third kappa shape index (κ3) is 4.32. The summed E-state index contributed by atoms with van der Waals surface area (Å²) in [5.41, 5.74) is -0.768. The highest BCUT2D eigenvalue weighted by Crippen LogP contribution is 2.46. The zero-order valence-corrected chi connectivity index (χ0v) is 18.1. The number of carbonyl (C=O) groups excluding carboxylic acids is 5. The Labute approximate surface area is 176 Å². The van der Waals surface area contributed by atoms with Gasteiger partial charge in [0, 0.05) is 30.5 Å². The van der Waals surface area contributed by atoms with Crippen LogP contribution in [0.2, 0.25) is 0 Å². The second kappa shape index (κ2) is 7.96. The van der Waals surface area contributed by atoms with Crippen LogP contribution >= 0.6 is 0 Å². The zero-order chi connectivity index (χ0) is 22.3. The molecule has 4 amide bonds. The van der Waals surface area contributed by atoms with Crippen molar-refractivity contribution >= 4 is 29.6 Å². The van der Waals surface area contributed by atoms with E-state index in [1.54, 1.807) is 0 Å². The molecule has 1 saturated carbocycles.